The van der Waals surface area contributed by atoms with Crippen molar-refractivity contribution in [2.45, 2.75) is 38.0 Å². The maximum atomic E-state index is 12.0. The van der Waals surface area contributed by atoms with Crippen LogP contribution in [-0.4, -0.2) is 29.8 Å². The summed E-state index contributed by atoms with van der Waals surface area (Å²) in [4.78, 5) is 12.0. The summed E-state index contributed by atoms with van der Waals surface area (Å²) in [5.41, 5.74) is 2.03. The number of rotatable bonds is 6. The van der Waals surface area contributed by atoms with Crippen molar-refractivity contribution in [3.05, 3.63) is 65.7 Å². The van der Waals surface area contributed by atoms with Crippen LogP contribution in [-0.2, 0) is 6.42 Å². The van der Waals surface area contributed by atoms with Gasteiger partial charge in [0.1, 0.15) is 11.9 Å². The normalized spacial score (nSPS) is 17.9. The molecular formula is C20H24N2O3. The number of carbonyl (C=O) groups excluding carboxylic acids is 1. The number of hydrogen-bond donors (Lipinski definition) is 3. The molecule has 0 aromatic heterocycles. The average Bonchev–Trinajstić information content (AvgIpc) is 3.03. The number of amides is 2. The molecule has 132 valence electrons. The summed E-state index contributed by atoms with van der Waals surface area (Å²) in [5.74, 6) is 0.897. The van der Waals surface area contributed by atoms with E-state index in [0.29, 0.717) is 13.0 Å². The molecule has 0 fully saturated rings. The number of nitrogens with one attached hydrogen (secondary N) is 2. The Morgan fingerprint density at radius 3 is 2.68 bits per heavy atom. The highest BCUT2D eigenvalue weighted by Crippen LogP contribution is 2.27. The number of aliphatic hydroxyl groups is 1. The lowest BCUT2D eigenvalue weighted by atomic mass is 10.0. The molecule has 0 saturated heterocycles. The minimum Gasteiger partial charge on any atom is -0.488 e. The van der Waals surface area contributed by atoms with E-state index in [1.165, 1.54) is 5.56 Å². The lowest BCUT2D eigenvalue weighted by Crippen LogP contribution is -2.44. The monoisotopic (exact) mass is 340 g/mol. The lowest BCUT2D eigenvalue weighted by Gasteiger charge is -2.19. The third-order valence-electron chi connectivity index (χ3n) is 4.34. The van der Waals surface area contributed by atoms with E-state index < -0.39 is 6.10 Å². The molecule has 0 bridgehead atoms. The third kappa shape index (κ3) is 4.73. The van der Waals surface area contributed by atoms with E-state index in [1.807, 2.05) is 61.5 Å². The van der Waals surface area contributed by atoms with Crippen LogP contribution < -0.4 is 15.4 Å². The Morgan fingerprint density at radius 2 is 1.92 bits per heavy atom. The standard InChI is InChI=1S/C20H24N2O3/c1-14(11-18(23)15-7-3-2-4-8-15)22-20(24)21-13-17-12-16-9-5-6-10-19(16)25-17/h2-10,14,17-18,23H,11-13H2,1H3,(H2,21,22,24). The molecule has 3 rings (SSSR count). The molecule has 1 aliphatic heterocycles. The van der Waals surface area contributed by atoms with Gasteiger partial charge in [0.15, 0.2) is 0 Å². The molecule has 3 unspecified atom stereocenters. The number of hydrogen-bond acceptors (Lipinski definition) is 3. The van der Waals surface area contributed by atoms with E-state index in [1.54, 1.807) is 0 Å². The van der Waals surface area contributed by atoms with Crippen LogP contribution in [0, 0.1) is 0 Å². The summed E-state index contributed by atoms with van der Waals surface area (Å²) in [7, 11) is 0. The van der Waals surface area contributed by atoms with Crippen LogP contribution in [0.15, 0.2) is 54.6 Å². The van der Waals surface area contributed by atoms with Gasteiger partial charge in [-0.2, -0.15) is 0 Å². The Morgan fingerprint density at radius 1 is 1.20 bits per heavy atom. The highest BCUT2D eigenvalue weighted by atomic mass is 16.5. The first-order valence-electron chi connectivity index (χ1n) is 8.63. The summed E-state index contributed by atoms with van der Waals surface area (Å²) in [6.07, 6.45) is 0.638. The number of ether oxygens (including phenoxy) is 1. The van der Waals surface area contributed by atoms with Gasteiger partial charge in [0.2, 0.25) is 0 Å². The summed E-state index contributed by atoms with van der Waals surface area (Å²) in [5, 5.41) is 15.9. The van der Waals surface area contributed by atoms with Gasteiger partial charge in [-0.05, 0) is 30.5 Å². The molecule has 2 aromatic rings. The Bertz CT molecular complexity index is 680. The van der Waals surface area contributed by atoms with Gasteiger partial charge in [0, 0.05) is 12.5 Å². The quantitative estimate of drug-likeness (QED) is 0.757. The van der Waals surface area contributed by atoms with Crippen molar-refractivity contribution in [3.8, 4) is 5.75 Å². The van der Waals surface area contributed by atoms with E-state index in [0.717, 1.165) is 17.7 Å². The Labute approximate surface area is 148 Å². The van der Waals surface area contributed by atoms with E-state index in [4.69, 9.17) is 4.74 Å². The second-order valence-electron chi connectivity index (χ2n) is 6.47. The summed E-state index contributed by atoms with van der Waals surface area (Å²) >= 11 is 0. The maximum absolute atomic E-state index is 12.0. The van der Waals surface area contributed by atoms with Crippen molar-refractivity contribution in [1.82, 2.24) is 10.6 Å². The predicted molar refractivity (Wildman–Crippen MR) is 96.6 cm³/mol. The molecule has 25 heavy (non-hydrogen) atoms. The Kier molecular flexibility index (Phi) is 5.56. The fourth-order valence-electron chi connectivity index (χ4n) is 3.05. The number of aliphatic hydroxyl groups excluding tert-OH is 1. The zero-order valence-electron chi connectivity index (χ0n) is 14.3. The molecule has 2 amide bonds. The molecule has 3 atom stereocenters. The molecular weight excluding hydrogens is 316 g/mol. The highest BCUT2D eigenvalue weighted by molar-refractivity contribution is 5.74. The first-order chi connectivity index (χ1) is 12.1. The SMILES string of the molecule is CC(CC(O)c1ccccc1)NC(=O)NCC1Cc2ccccc2O1. The second kappa shape index (κ2) is 8.03. The van der Waals surface area contributed by atoms with Crippen LogP contribution in [0.2, 0.25) is 0 Å². The van der Waals surface area contributed by atoms with Crippen LogP contribution in [0.3, 0.4) is 0 Å². The molecule has 0 saturated carbocycles. The molecule has 0 aliphatic carbocycles. The summed E-state index contributed by atoms with van der Waals surface area (Å²) < 4.78 is 5.80. The minimum atomic E-state index is -0.593. The molecule has 0 spiro atoms. The van der Waals surface area contributed by atoms with Crippen molar-refractivity contribution in [2.75, 3.05) is 6.54 Å². The van der Waals surface area contributed by atoms with Crippen LogP contribution in [0.25, 0.3) is 0 Å². The van der Waals surface area contributed by atoms with Crippen molar-refractivity contribution < 1.29 is 14.6 Å². The smallest absolute Gasteiger partial charge is 0.315 e. The molecule has 2 aromatic carbocycles. The van der Waals surface area contributed by atoms with E-state index in [9.17, 15) is 9.90 Å². The molecule has 5 heteroatoms. The van der Waals surface area contributed by atoms with Crippen LogP contribution in [0.4, 0.5) is 4.79 Å². The van der Waals surface area contributed by atoms with E-state index in [2.05, 4.69) is 10.6 Å². The van der Waals surface area contributed by atoms with Gasteiger partial charge in [0.25, 0.3) is 0 Å². The maximum Gasteiger partial charge on any atom is 0.315 e. The van der Waals surface area contributed by atoms with Crippen molar-refractivity contribution in [1.29, 1.82) is 0 Å². The number of para-hydroxylation sites is 1. The average molecular weight is 340 g/mol. The zero-order chi connectivity index (χ0) is 17.6. The molecule has 5 nitrogen and oxygen atoms in total. The van der Waals surface area contributed by atoms with Crippen molar-refractivity contribution in [3.63, 3.8) is 0 Å². The zero-order valence-corrected chi connectivity index (χ0v) is 14.3. The number of urea groups is 1. The van der Waals surface area contributed by atoms with Gasteiger partial charge >= 0.3 is 6.03 Å². The topological polar surface area (TPSA) is 70.6 Å². The number of fused-ring (bicyclic) bond motifs is 1. The lowest BCUT2D eigenvalue weighted by molar-refractivity contribution is 0.154. The first kappa shape index (κ1) is 17.3. The fourth-order valence-corrected chi connectivity index (χ4v) is 3.05. The Hall–Kier alpha value is -2.53. The minimum absolute atomic E-state index is 0.0339. The van der Waals surface area contributed by atoms with Gasteiger partial charge in [0.05, 0.1) is 12.6 Å². The van der Waals surface area contributed by atoms with Crippen LogP contribution in [0.1, 0.15) is 30.6 Å². The number of carbonyl (C=O) groups is 1. The van der Waals surface area contributed by atoms with Gasteiger partial charge < -0.3 is 20.5 Å². The first-order valence-corrected chi connectivity index (χ1v) is 8.63. The van der Waals surface area contributed by atoms with Gasteiger partial charge in [-0.25, -0.2) is 4.79 Å². The molecule has 1 aliphatic rings. The summed E-state index contributed by atoms with van der Waals surface area (Å²) in [6.45, 7) is 2.34. The third-order valence-corrected chi connectivity index (χ3v) is 4.34. The fraction of sp³-hybridized carbons (Fsp3) is 0.350. The highest BCUT2D eigenvalue weighted by Gasteiger charge is 2.23. The van der Waals surface area contributed by atoms with Crippen LogP contribution >= 0.6 is 0 Å². The number of benzene rings is 2. The molecule has 3 N–H and O–H groups in total. The van der Waals surface area contributed by atoms with Gasteiger partial charge in [-0.3, -0.25) is 0 Å². The van der Waals surface area contributed by atoms with Crippen molar-refractivity contribution >= 4 is 6.03 Å². The molecule has 0 radical (unpaired) electrons. The van der Waals surface area contributed by atoms with E-state index in [-0.39, 0.29) is 18.2 Å². The van der Waals surface area contributed by atoms with Crippen molar-refractivity contribution in [2.24, 2.45) is 0 Å². The largest absolute Gasteiger partial charge is 0.488 e. The summed E-state index contributed by atoms with van der Waals surface area (Å²) in [6, 6.07) is 17.0. The second-order valence-corrected chi connectivity index (χ2v) is 6.47. The van der Waals surface area contributed by atoms with Crippen LogP contribution in [0.5, 0.6) is 5.75 Å². The van der Waals surface area contributed by atoms with Gasteiger partial charge in [-0.1, -0.05) is 48.5 Å². The van der Waals surface area contributed by atoms with Gasteiger partial charge in [-0.15, -0.1) is 0 Å². The molecule has 1 heterocycles. The Balaban J connectivity index is 1.39. The van der Waals surface area contributed by atoms with E-state index >= 15 is 0 Å². The predicted octanol–water partition coefficient (Wildman–Crippen LogP) is 2.80.